The predicted octanol–water partition coefficient (Wildman–Crippen LogP) is 5.21. The van der Waals surface area contributed by atoms with Gasteiger partial charge in [0, 0.05) is 17.6 Å². The molecule has 2 heterocycles. The zero-order valence-electron chi connectivity index (χ0n) is 12.5. The summed E-state index contributed by atoms with van der Waals surface area (Å²) in [7, 11) is 0. The van der Waals surface area contributed by atoms with Crippen LogP contribution >= 0.6 is 15.9 Å². The minimum atomic E-state index is 0.201. The molecule has 1 atom stereocenters. The maximum absolute atomic E-state index is 3.52. The number of hydrogen-bond acceptors (Lipinski definition) is 0. The average molecular weight is 343 g/mol. The van der Waals surface area contributed by atoms with Crippen molar-refractivity contribution < 1.29 is 0 Å². The van der Waals surface area contributed by atoms with E-state index in [4.69, 9.17) is 0 Å². The molecule has 1 unspecified atom stereocenters. The van der Waals surface area contributed by atoms with Crippen LogP contribution in [-0.4, -0.2) is 9.97 Å². The van der Waals surface area contributed by atoms with E-state index < -0.39 is 0 Å². The Kier molecular flexibility index (Phi) is 3.77. The van der Waals surface area contributed by atoms with Gasteiger partial charge < -0.3 is 9.97 Å². The molecule has 2 nitrogen and oxygen atoms in total. The van der Waals surface area contributed by atoms with Crippen molar-refractivity contribution in [3.05, 3.63) is 80.8 Å². The Morgan fingerprint density at radius 3 is 2.19 bits per heavy atom. The second-order valence-electron chi connectivity index (χ2n) is 5.63. The maximum atomic E-state index is 3.52. The van der Waals surface area contributed by atoms with Crippen molar-refractivity contribution in [1.29, 1.82) is 0 Å². The van der Waals surface area contributed by atoms with E-state index in [-0.39, 0.29) is 5.92 Å². The molecular weight excluding hydrogens is 324 g/mol. The van der Waals surface area contributed by atoms with Crippen LogP contribution in [0.5, 0.6) is 0 Å². The Labute approximate surface area is 133 Å². The quantitative estimate of drug-likeness (QED) is 0.654. The van der Waals surface area contributed by atoms with Gasteiger partial charge in [0.15, 0.2) is 0 Å². The molecular formula is C18H19BrN2. The summed E-state index contributed by atoms with van der Waals surface area (Å²) in [5.41, 5.74) is 7.75. The molecule has 3 rings (SSSR count). The molecule has 21 heavy (non-hydrogen) atoms. The van der Waals surface area contributed by atoms with Crippen LogP contribution in [0.2, 0.25) is 0 Å². The van der Waals surface area contributed by atoms with E-state index in [0.29, 0.717) is 0 Å². The first-order chi connectivity index (χ1) is 10.1. The Morgan fingerprint density at radius 1 is 0.952 bits per heavy atom. The number of hydrogen-bond donors (Lipinski definition) is 2. The van der Waals surface area contributed by atoms with Crippen LogP contribution in [0.25, 0.3) is 0 Å². The van der Waals surface area contributed by atoms with Crippen molar-refractivity contribution in [3.63, 3.8) is 0 Å². The lowest BCUT2D eigenvalue weighted by molar-refractivity contribution is 0.875. The molecule has 0 saturated carbocycles. The van der Waals surface area contributed by atoms with Crippen LogP contribution in [0.1, 0.15) is 39.6 Å². The molecule has 0 bridgehead atoms. The largest absolute Gasteiger partial charge is 0.364 e. The minimum Gasteiger partial charge on any atom is -0.364 e. The number of halogens is 1. The van der Waals surface area contributed by atoms with Gasteiger partial charge >= 0.3 is 0 Å². The van der Waals surface area contributed by atoms with Gasteiger partial charge in [-0.25, -0.2) is 0 Å². The zero-order valence-corrected chi connectivity index (χ0v) is 14.1. The fourth-order valence-electron chi connectivity index (χ4n) is 3.20. The SMILES string of the molecule is Cc1cc(C)c(C(c2ccc[nH]2)c2ccc(Br)[nH]2)c(C)c1. The number of aryl methyl sites for hydroxylation is 3. The lowest BCUT2D eigenvalue weighted by Crippen LogP contribution is -2.08. The Hall–Kier alpha value is -1.74. The number of nitrogens with one attached hydrogen (secondary N) is 2. The van der Waals surface area contributed by atoms with Crippen molar-refractivity contribution in [1.82, 2.24) is 9.97 Å². The van der Waals surface area contributed by atoms with Crippen molar-refractivity contribution >= 4 is 15.9 Å². The topological polar surface area (TPSA) is 31.6 Å². The maximum Gasteiger partial charge on any atom is 0.0822 e. The summed E-state index contributed by atoms with van der Waals surface area (Å²) in [5, 5.41) is 0. The molecule has 2 aromatic heterocycles. The highest BCUT2D eigenvalue weighted by Crippen LogP contribution is 2.35. The molecule has 0 saturated heterocycles. The first-order valence-corrected chi connectivity index (χ1v) is 7.91. The zero-order chi connectivity index (χ0) is 15.0. The van der Waals surface area contributed by atoms with Crippen molar-refractivity contribution in [2.75, 3.05) is 0 Å². The van der Waals surface area contributed by atoms with Crippen LogP contribution in [-0.2, 0) is 0 Å². The van der Waals surface area contributed by atoms with E-state index in [1.165, 1.54) is 33.6 Å². The standard InChI is InChI=1S/C18H19BrN2/c1-11-9-12(2)17(13(3)10-11)18(14-5-4-8-20-14)15-6-7-16(19)21-15/h4-10,18,20-21H,1-3H3. The van der Waals surface area contributed by atoms with Crippen molar-refractivity contribution in [2.45, 2.75) is 26.7 Å². The van der Waals surface area contributed by atoms with E-state index in [0.717, 1.165) is 4.60 Å². The normalized spacial score (nSPS) is 12.6. The van der Waals surface area contributed by atoms with Gasteiger partial charge in [0.2, 0.25) is 0 Å². The first-order valence-electron chi connectivity index (χ1n) is 7.11. The summed E-state index contributed by atoms with van der Waals surface area (Å²) in [6.45, 7) is 6.55. The molecule has 0 aliphatic carbocycles. The third-order valence-corrected chi connectivity index (χ3v) is 4.41. The van der Waals surface area contributed by atoms with E-state index in [1.807, 2.05) is 6.20 Å². The molecule has 108 valence electrons. The summed E-state index contributed by atoms with van der Waals surface area (Å²) in [6.07, 6.45) is 1.99. The molecule has 0 spiro atoms. The molecule has 2 N–H and O–H groups in total. The van der Waals surface area contributed by atoms with Gasteiger partial charge in [-0.3, -0.25) is 0 Å². The number of benzene rings is 1. The molecule has 0 amide bonds. The van der Waals surface area contributed by atoms with Gasteiger partial charge in [0.1, 0.15) is 0 Å². The molecule has 1 aromatic carbocycles. The Balaban J connectivity index is 2.21. The second-order valence-corrected chi connectivity index (χ2v) is 6.49. The highest BCUT2D eigenvalue weighted by atomic mass is 79.9. The van der Waals surface area contributed by atoms with Crippen LogP contribution in [0.15, 0.2) is 47.2 Å². The highest BCUT2D eigenvalue weighted by Gasteiger charge is 2.22. The van der Waals surface area contributed by atoms with E-state index in [9.17, 15) is 0 Å². The van der Waals surface area contributed by atoms with Crippen LogP contribution in [0.4, 0.5) is 0 Å². The van der Waals surface area contributed by atoms with Gasteiger partial charge in [0.05, 0.1) is 10.5 Å². The molecule has 3 aromatic rings. The van der Waals surface area contributed by atoms with E-state index >= 15 is 0 Å². The number of H-pyrrole nitrogens is 2. The van der Waals surface area contributed by atoms with Crippen LogP contribution in [0, 0.1) is 20.8 Å². The molecule has 0 radical (unpaired) electrons. The fourth-order valence-corrected chi connectivity index (χ4v) is 3.56. The van der Waals surface area contributed by atoms with Crippen molar-refractivity contribution in [3.8, 4) is 0 Å². The van der Waals surface area contributed by atoms with E-state index in [2.05, 4.69) is 83.1 Å². The number of rotatable bonds is 3. The summed E-state index contributed by atoms with van der Waals surface area (Å²) >= 11 is 3.52. The summed E-state index contributed by atoms with van der Waals surface area (Å²) < 4.78 is 1.01. The Bertz CT molecular complexity index is 730. The van der Waals surface area contributed by atoms with Gasteiger partial charge in [-0.2, -0.15) is 0 Å². The third-order valence-electron chi connectivity index (χ3n) is 3.94. The van der Waals surface area contributed by atoms with E-state index in [1.54, 1.807) is 0 Å². The number of aromatic amines is 2. The molecule has 0 aliphatic rings. The highest BCUT2D eigenvalue weighted by molar-refractivity contribution is 9.10. The fraction of sp³-hybridized carbons (Fsp3) is 0.222. The summed E-state index contributed by atoms with van der Waals surface area (Å²) in [5.74, 6) is 0.201. The first kappa shape index (κ1) is 14.2. The lowest BCUT2D eigenvalue weighted by atomic mass is 9.85. The molecule has 0 aliphatic heterocycles. The monoisotopic (exact) mass is 342 g/mol. The Morgan fingerprint density at radius 2 is 1.67 bits per heavy atom. The van der Waals surface area contributed by atoms with Crippen LogP contribution < -0.4 is 0 Å². The van der Waals surface area contributed by atoms with Crippen LogP contribution in [0.3, 0.4) is 0 Å². The smallest absolute Gasteiger partial charge is 0.0822 e. The third kappa shape index (κ3) is 2.70. The van der Waals surface area contributed by atoms with Gasteiger partial charge in [-0.15, -0.1) is 0 Å². The summed E-state index contributed by atoms with van der Waals surface area (Å²) in [6, 6.07) is 12.9. The van der Waals surface area contributed by atoms with Gasteiger partial charge in [-0.1, -0.05) is 17.7 Å². The van der Waals surface area contributed by atoms with Gasteiger partial charge in [-0.05, 0) is 77.7 Å². The average Bonchev–Trinajstić information content (AvgIpc) is 3.05. The predicted molar refractivity (Wildman–Crippen MR) is 90.9 cm³/mol. The van der Waals surface area contributed by atoms with Crippen molar-refractivity contribution in [2.24, 2.45) is 0 Å². The minimum absolute atomic E-state index is 0.201. The summed E-state index contributed by atoms with van der Waals surface area (Å²) in [4.78, 5) is 6.81. The molecule has 3 heteroatoms. The lowest BCUT2D eigenvalue weighted by Gasteiger charge is -2.21. The second kappa shape index (κ2) is 5.57. The van der Waals surface area contributed by atoms with Gasteiger partial charge in [0.25, 0.3) is 0 Å². The molecule has 0 fully saturated rings. The number of aromatic nitrogens is 2.